The van der Waals surface area contributed by atoms with Crippen molar-refractivity contribution in [2.45, 2.75) is 18.3 Å². The molecule has 4 rings (SSSR count). The Kier molecular flexibility index (Phi) is 0.923. The molecule has 2 fully saturated rings. The lowest BCUT2D eigenvalue weighted by Gasteiger charge is -2.26. The van der Waals surface area contributed by atoms with Crippen LogP contribution in [0.5, 0.6) is 0 Å². The van der Waals surface area contributed by atoms with E-state index in [1.807, 2.05) is 6.07 Å². The molecule has 0 amide bonds. The largest absolute Gasteiger partial charge is 0.273 e. The molecule has 3 aliphatic rings. The first-order valence-electron chi connectivity index (χ1n) is 5.06. The number of nitrogens with zero attached hydrogens (tertiary/aromatic N) is 1. The van der Waals surface area contributed by atoms with Crippen LogP contribution in [0.3, 0.4) is 0 Å². The first kappa shape index (κ1) is 6.98. The molecule has 4 atom stereocenters. The van der Waals surface area contributed by atoms with E-state index in [1.54, 1.807) is 6.07 Å². The maximum Gasteiger partial charge on any atom is 0.273 e. The summed E-state index contributed by atoms with van der Waals surface area (Å²) in [4.78, 5) is 10.6. The summed E-state index contributed by atoms with van der Waals surface area (Å²) in [5.41, 5.74) is 2.71. The highest BCUT2D eigenvalue weighted by molar-refractivity contribution is 5.60. The van der Waals surface area contributed by atoms with Crippen LogP contribution in [0, 0.1) is 22.0 Å². The fraction of sp³-hybridized carbons (Fsp3) is 0.455. The number of fused-ring (bicyclic) bond motifs is 4. The molecule has 14 heavy (non-hydrogen) atoms. The first-order valence-corrected chi connectivity index (χ1v) is 5.06. The van der Waals surface area contributed by atoms with Gasteiger partial charge in [-0.25, -0.2) is 0 Å². The van der Waals surface area contributed by atoms with Crippen LogP contribution in [-0.4, -0.2) is 4.92 Å². The van der Waals surface area contributed by atoms with Gasteiger partial charge in [-0.15, -0.1) is 0 Å². The average Bonchev–Trinajstić information content (AvgIpc) is 2.61. The van der Waals surface area contributed by atoms with Crippen LogP contribution in [0.2, 0.25) is 0 Å². The van der Waals surface area contributed by atoms with Gasteiger partial charge in [0, 0.05) is 11.6 Å². The van der Waals surface area contributed by atoms with E-state index < -0.39 is 0 Å². The fourth-order valence-corrected chi connectivity index (χ4v) is 3.66. The van der Waals surface area contributed by atoms with Gasteiger partial charge in [0.15, 0.2) is 0 Å². The van der Waals surface area contributed by atoms with Gasteiger partial charge in [0.25, 0.3) is 5.69 Å². The topological polar surface area (TPSA) is 43.1 Å². The molecular formula is C11H9NO2. The maximum atomic E-state index is 10.9. The second-order valence-corrected chi connectivity index (χ2v) is 4.65. The van der Waals surface area contributed by atoms with Crippen molar-refractivity contribution in [1.29, 1.82) is 0 Å². The zero-order chi connectivity index (χ0) is 9.45. The Morgan fingerprint density at radius 2 is 2.29 bits per heavy atom. The van der Waals surface area contributed by atoms with Crippen LogP contribution < -0.4 is 0 Å². The van der Waals surface area contributed by atoms with Gasteiger partial charge in [0.05, 0.1) is 4.92 Å². The van der Waals surface area contributed by atoms with E-state index in [1.165, 1.54) is 12.0 Å². The highest BCUT2D eigenvalue weighted by Gasteiger charge is 2.70. The third kappa shape index (κ3) is 0.541. The van der Waals surface area contributed by atoms with Crippen molar-refractivity contribution in [1.82, 2.24) is 0 Å². The van der Waals surface area contributed by atoms with Crippen LogP contribution in [-0.2, 0) is 0 Å². The van der Waals surface area contributed by atoms with Crippen LogP contribution in [0.15, 0.2) is 18.2 Å². The lowest BCUT2D eigenvalue weighted by atomic mass is 9.78. The molecule has 0 spiro atoms. The third-order valence-electron chi connectivity index (χ3n) is 4.27. The van der Waals surface area contributed by atoms with Crippen molar-refractivity contribution in [2.75, 3.05) is 0 Å². The molecule has 2 saturated carbocycles. The van der Waals surface area contributed by atoms with Crippen LogP contribution in [0.1, 0.15) is 29.4 Å². The van der Waals surface area contributed by atoms with E-state index in [0.29, 0.717) is 17.5 Å². The number of benzene rings is 1. The molecule has 3 aliphatic carbocycles. The Labute approximate surface area is 80.9 Å². The summed E-state index contributed by atoms with van der Waals surface area (Å²) in [6.45, 7) is 0. The summed E-state index contributed by atoms with van der Waals surface area (Å²) in [5, 5.41) is 10.9. The minimum absolute atomic E-state index is 0.223. The Morgan fingerprint density at radius 3 is 3.07 bits per heavy atom. The Bertz CT molecular complexity index is 468. The molecule has 3 heteroatoms. The van der Waals surface area contributed by atoms with E-state index in [9.17, 15) is 10.1 Å². The number of hydrogen-bond acceptors (Lipinski definition) is 2. The molecule has 0 bridgehead atoms. The van der Waals surface area contributed by atoms with Crippen molar-refractivity contribution in [2.24, 2.45) is 11.8 Å². The predicted molar refractivity (Wildman–Crippen MR) is 50.2 cm³/mol. The summed E-state index contributed by atoms with van der Waals surface area (Å²) in [6.07, 6.45) is 1.28. The van der Waals surface area contributed by atoms with E-state index in [-0.39, 0.29) is 4.92 Å². The lowest BCUT2D eigenvalue weighted by Crippen LogP contribution is -2.14. The molecule has 0 N–H and O–H groups in total. The number of rotatable bonds is 1. The van der Waals surface area contributed by atoms with E-state index >= 15 is 0 Å². The van der Waals surface area contributed by atoms with Crippen molar-refractivity contribution < 1.29 is 4.92 Å². The number of nitro groups is 1. The summed E-state index contributed by atoms with van der Waals surface area (Å²) in [6, 6.07) is 5.56. The molecule has 0 saturated heterocycles. The van der Waals surface area contributed by atoms with Gasteiger partial charge in [0.1, 0.15) is 0 Å². The first-order chi connectivity index (χ1) is 6.79. The van der Waals surface area contributed by atoms with Crippen molar-refractivity contribution in [3.63, 3.8) is 0 Å². The van der Waals surface area contributed by atoms with Crippen LogP contribution in [0.25, 0.3) is 0 Å². The average molecular weight is 187 g/mol. The Morgan fingerprint density at radius 1 is 1.43 bits per heavy atom. The zero-order valence-corrected chi connectivity index (χ0v) is 7.51. The molecule has 1 aromatic carbocycles. The monoisotopic (exact) mass is 187 g/mol. The van der Waals surface area contributed by atoms with Gasteiger partial charge >= 0.3 is 0 Å². The molecule has 0 radical (unpaired) electrons. The molecule has 0 aliphatic heterocycles. The van der Waals surface area contributed by atoms with Crippen LogP contribution in [0.4, 0.5) is 5.69 Å². The van der Waals surface area contributed by atoms with Crippen molar-refractivity contribution in [3.8, 4) is 0 Å². The van der Waals surface area contributed by atoms with Gasteiger partial charge in [-0.1, -0.05) is 12.1 Å². The standard InChI is InChI=1S/C11H9NO2/c13-12(14)8-3-1-2-5-6-4-7-9(6)11(7)10(5)8/h1-3,6-7,9,11H,4H2/t6-,7+,9+,11-/m1/s1. The highest BCUT2D eigenvalue weighted by Crippen LogP contribution is 2.79. The van der Waals surface area contributed by atoms with Gasteiger partial charge in [0.2, 0.25) is 0 Å². The minimum Gasteiger partial charge on any atom is -0.258 e. The quantitative estimate of drug-likeness (QED) is 0.500. The molecule has 0 aromatic heterocycles. The number of hydrogen-bond donors (Lipinski definition) is 0. The smallest absolute Gasteiger partial charge is 0.258 e. The second kappa shape index (κ2) is 1.85. The van der Waals surface area contributed by atoms with E-state index in [2.05, 4.69) is 6.07 Å². The summed E-state index contributed by atoms with van der Waals surface area (Å²) in [5.74, 6) is 2.80. The predicted octanol–water partition coefficient (Wildman–Crippen LogP) is 2.43. The molecular weight excluding hydrogens is 178 g/mol. The Hall–Kier alpha value is -1.38. The van der Waals surface area contributed by atoms with Gasteiger partial charge < -0.3 is 0 Å². The summed E-state index contributed by atoms with van der Waals surface area (Å²) < 4.78 is 0. The van der Waals surface area contributed by atoms with Crippen molar-refractivity contribution in [3.05, 3.63) is 39.4 Å². The minimum atomic E-state index is -0.223. The molecule has 0 heterocycles. The van der Waals surface area contributed by atoms with E-state index in [4.69, 9.17) is 0 Å². The molecule has 1 aromatic rings. The van der Waals surface area contributed by atoms with Gasteiger partial charge in [-0.05, 0) is 35.7 Å². The Balaban J connectivity index is 2.00. The molecule has 0 unspecified atom stereocenters. The number of nitro benzene ring substituents is 1. The van der Waals surface area contributed by atoms with Gasteiger partial charge in [-0.3, -0.25) is 10.1 Å². The lowest BCUT2D eigenvalue weighted by molar-refractivity contribution is -0.385. The van der Waals surface area contributed by atoms with Gasteiger partial charge in [-0.2, -0.15) is 0 Å². The fourth-order valence-electron chi connectivity index (χ4n) is 3.66. The summed E-state index contributed by atoms with van der Waals surface area (Å²) in [7, 11) is 0. The van der Waals surface area contributed by atoms with Crippen molar-refractivity contribution >= 4 is 5.69 Å². The SMILES string of the molecule is O=[N+]([O-])c1cccc2c1[C@@H]1[C@H]3C[C@H]2[C@@H]31. The zero-order valence-electron chi connectivity index (χ0n) is 7.51. The third-order valence-corrected chi connectivity index (χ3v) is 4.27. The normalized spacial score (nSPS) is 39.7. The second-order valence-electron chi connectivity index (χ2n) is 4.65. The van der Waals surface area contributed by atoms with E-state index in [0.717, 1.165) is 17.4 Å². The highest BCUT2D eigenvalue weighted by atomic mass is 16.6. The van der Waals surface area contributed by atoms with Crippen LogP contribution >= 0.6 is 0 Å². The molecule has 70 valence electrons. The molecule has 3 nitrogen and oxygen atoms in total. The maximum absolute atomic E-state index is 10.9. The summed E-state index contributed by atoms with van der Waals surface area (Å²) >= 11 is 0.